The molecule has 2 rings (SSSR count). The molecule has 0 unspecified atom stereocenters. The molecule has 1 aromatic rings. The molecule has 0 aliphatic carbocycles. The van der Waals surface area contributed by atoms with Gasteiger partial charge in [-0.3, -0.25) is 4.79 Å². The van der Waals surface area contributed by atoms with E-state index in [9.17, 15) is 13.2 Å². The fourth-order valence-electron chi connectivity index (χ4n) is 2.66. The van der Waals surface area contributed by atoms with E-state index >= 15 is 0 Å². The molecule has 0 spiro atoms. The summed E-state index contributed by atoms with van der Waals surface area (Å²) in [6.07, 6.45) is 0.174. The molecule has 0 radical (unpaired) electrons. The first-order valence-electron chi connectivity index (χ1n) is 8.12. The Hall–Kier alpha value is -1.15. The second-order valence-electron chi connectivity index (χ2n) is 5.81. The Labute approximate surface area is 148 Å². The summed E-state index contributed by atoms with van der Waals surface area (Å²) in [6, 6.07) is 6.84. The number of amides is 1. The fourth-order valence-corrected chi connectivity index (χ4v) is 4.11. The predicted octanol–water partition coefficient (Wildman–Crippen LogP) is 1.31. The van der Waals surface area contributed by atoms with Gasteiger partial charge in [-0.2, -0.15) is 0 Å². The number of piperazine rings is 1. The molecule has 0 atom stereocenters. The number of likely N-dealkylation sites (N-methyl/N-ethyl adjacent to an activating group) is 1. The number of halogens is 1. The van der Waals surface area contributed by atoms with Gasteiger partial charge in [0.1, 0.15) is 0 Å². The number of carbonyl (C=O) groups is 1. The van der Waals surface area contributed by atoms with E-state index in [-0.39, 0.29) is 24.6 Å². The van der Waals surface area contributed by atoms with Crippen LogP contribution in [0.2, 0.25) is 5.02 Å². The average molecular weight is 374 g/mol. The first-order chi connectivity index (χ1) is 11.4. The van der Waals surface area contributed by atoms with Crippen molar-refractivity contribution in [3.05, 3.63) is 34.9 Å². The molecule has 1 aliphatic heterocycles. The summed E-state index contributed by atoms with van der Waals surface area (Å²) in [6.45, 7) is 6.37. The number of nitrogens with zero attached hydrogens (tertiary/aromatic N) is 2. The maximum Gasteiger partial charge on any atom is 0.223 e. The minimum Gasteiger partial charge on any atom is -0.340 e. The lowest BCUT2D eigenvalue weighted by Crippen LogP contribution is -2.49. The number of sulfonamides is 1. The van der Waals surface area contributed by atoms with Crippen LogP contribution in [-0.2, 0) is 20.6 Å². The number of carbonyl (C=O) groups excluding carboxylic acids is 1. The summed E-state index contributed by atoms with van der Waals surface area (Å²) in [4.78, 5) is 16.2. The van der Waals surface area contributed by atoms with Crippen LogP contribution >= 0.6 is 11.6 Å². The van der Waals surface area contributed by atoms with Crippen molar-refractivity contribution in [2.45, 2.75) is 19.1 Å². The highest BCUT2D eigenvalue weighted by atomic mass is 35.5. The maximum absolute atomic E-state index is 12.1. The van der Waals surface area contributed by atoms with Crippen LogP contribution in [-0.4, -0.2) is 63.4 Å². The molecule has 1 heterocycles. The van der Waals surface area contributed by atoms with Crippen LogP contribution in [0.25, 0.3) is 0 Å². The third kappa shape index (κ3) is 5.73. The van der Waals surface area contributed by atoms with Gasteiger partial charge in [-0.1, -0.05) is 36.7 Å². The van der Waals surface area contributed by atoms with Gasteiger partial charge in [-0.15, -0.1) is 0 Å². The molecule has 1 aliphatic rings. The Bertz CT molecular complexity index is 658. The highest BCUT2D eigenvalue weighted by Crippen LogP contribution is 2.17. The molecule has 1 N–H and O–H groups in total. The van der Waals surface area contributed by atoms with Crippen molar-refractivity contribution >= 4 is 27.5 Å². The summed E-state index contributed by atoms with van der Waals surface area (Å²) >= 11 is 5.98. The molecule has 134 valence electrons. The van der Waals surface area contributed by atoms with Crippen molar-refractivity contribution in [3.63, 3.8) is 0 Å². The first kappa shape index (κ1) is 19.2. The third-order valence-electron chi connectivity index (χ3n) is 4.14. The van der Waals surface area contributed by atoms with E-state index in [1.165, 1.54) is 0 Å². The lowest BCUT2D eigenvalue weighted by molar-refractivity contribution is -0.132. The van der Waals surface area contributed by atoms with Crippen molar-refractivity contribution in [1.82, 2.24) is 14.5 Å². The summed E-state index contributed by atoms with van der Waals surface area (Å²) in [5.41, 5.74) is 0.550. The van der Waals surface area contributed by atoms with E-state index < -0.39 is 10.0 Å². The summed E-state index contributed by atoms with van der Waals surface area (Å²) in [7, 11) is -3.51. The van der Waals surface area contributed by atoms with Gasteiger partial charge >= 0.3 is 0 Å². The minimum absolute atomic E-state index is 0.00815. The van der Waals surface area contributed by atoms with E-state index in [1.54, 1.807) is 29.2 Å². The lowest BCUT2D eigenvalue weighted by atomic mass is 10.2. The largest absolute Gasteiger partial charge is 0.340 e. The summed E-state index contributed by atoms with van der Waals surface area (Å²) in [5.74, 6) is -0.193. The van der Waals surface area contributed by atoms with E-state index in [4.69, 9.17) is 11.6 Å². The molecule has 1 aromatic carbocycles. The second kappa shape index (κ2) is 8.80. The molecule has 1 amide bonds. The topological polar surface area (TPSA) is 69.7 Å². The van der Waals surface area contributed by atoms with Crippen LogP contribution in [0.15, 0.2) is 24.3 Å². The summed E-state index contributed by atoms with van der Waals surface area (Å²) in [5, 5.41) is 0.424. The third-order valence-corrected chi connectivity index (χ3v) is 5.84. The molecule has 0 saturated carbocycles. The van der Waals surface area contributed by atoms with Crippen LogP contribution in [0, 0.1) is 0 Å². The zero-order chi connectivity index (χ0) is 17.6. The van der Waals surface area contributed by atoms with Crippen molar-refractivity contribution < 1.29 is 13.2 Å². The van der Waals surface area contributed by atoms with Gasteiger partial charge in [-0.05, 0) is 18.2 Å². The fraction of sp³-hybridized carbons (Fsp3) is 0.562. The number of nitrogens with one attached hydrogen (secondary N) is 1. The van der Waals surface area contributed by atoms with Gasteiger partial charge in [0, 0.05) is 44.2 Å². The van der Waals surface area contributed by atoms with Gasteiger partial charge in [0.15, 0.2) is 0 Å². The maximum atomic E-state index is 12.1. The number of hydrogen-bond acceptors (Lipinski definition) is 4. The lowest BCUT2D eigenvalue weighted by Gasteiger charge is -2.34. The Balaban J connectivity index is 1.76. The van der Waals surface area contributed by atoms with Crippen LogP contribution in [0.5, 0.6) is 0 Å². The quantitative estimate of drug-likeness (QED) is 0.782. The normalized spacial score (nSPS) is 16.3. The number of rotatable bonds is 7. The molecule has 8 heteroatoms. The van der Waals surface area contributed by atoms with E-state index in [0.717, 1.165) is 19.6 Å². The van der Waals surface area contributed by atoms with Crippen LogP contribution in [0.1, 0.15) is 18.9 Å². The van der Waals surface area contributed by atoms with Crippen molar-refractivity contribution in [1.29, 1.82) is 0 Å². The monoisotopic (exact) mass is 373 g/mol. The Morgan fingerprint density at radius 2 is 1.88 bits per heavy atom. The first-order valence-corrected chi connectivity index (χ1v) is 10.1. The van der Waals surface area contributed by atoms with Gasteiger partial charge in [-0.25, -0.2) is 13.1 Å². The van der Waals surface area contributed by atoms with Gasteiger partial charge in [0.2, 0.25) is 15.9 Å². The number of hydrogen-bond donors (Lipinski definition) is 1. The van der Waals surface area contributed by atoms with Gasteiger partial charge in [0.25, 0.3) is 0 Å². The molecule has 6 nitrogen and oxygen atoms in total. The molecule has 1 saturated heterocycles. The molecule has 0 bridgehead atoms. The Morgan fingerprint density at radius 1 is 1.21 bits per heavy atom. The van der Waals surface area contributed by atoms with E-state index in [1.807, 2.05) is 0 Å². The SMILES string of the molecule is CCN1CCN(C(=O)CCNS(=O)(=O)Cc2ccccc2Cl)CC1. The molecule has 24 heavy (non-hydrogen) atoms. The van der Waals surface area contributed by atoms with Crippen molar-refractivity contribution in [2.24, 2.45) is 0 Å². The highest BCUT2D eigenvalue weighted by Gasteiger charge is 2.20. The van der Waals surface area contributed by atoms with E-state index in [2.05, 4.69) is 16.5 Å². The van der Waals surface area contributed by atoms with Crippen LogP contribution < -0.4 is 4.72 Å². The predicted molar refractivity (Wildman–Crippen MR) is 95.4 cm³/mol. The molecular formula is C16H24ClN3O3S. The molecular weight excluding hydrogens is 350 g/mol. The summed E-state index contributed by atoms with van der Waals surface area (Å²) < 4.78 is 26.7. The Kier molecular flexibility index (Phi) is 7.03. The zero-order valence-electron chi connectivity index (χ0n) is 13.9. The molecule has 0 aromatic heterocycles. The second-order valence-corrected chi connectivity index (χ2v) is 8.02. The molecule has 1 fully saturated rings. The van der Waals surface area contributed by atoms with Crippen molar-refractivity contribution in [2.75, 3.05) is 39.3 Å². The van der Waals surface area contributed by atoms with E-state index in [0.29, 0.717) is 23.7 Å². The average Bonchev–Trinajstić information content (AvgIpc) is 2.56. The van der Waals surface area contributed by atoms with Crippen LogP contribution in [0.3, 0.4) is 0 Å². The van der Waals surface area contributed by atoms with Crippen LogP contribution in [0.4, 0.5) is 0 Å². The van der Waals surface area contributed by atoms with Gasteiger partial charge < -0.3 is 9.80 Å². The number of benzene rings is 1. The smallest absolute Gasteiger partial charge is 0.223 e. The Morgan fingerprint density at radius 3 is 2.50 bits per heavy atom. The van der Waals surface area contributed by atoms with Crippen molar-refractivity contribution in [3.8, 4) is 0 Å². The zero-order valence-corrected chi connectivity index (χ0v) is 15.4. The minimum atomic E-state index is -3.51. The van der Waals surface area contributed by atoms with Gasteiger partial charge in [0.05, 0.1) is 5.75 Å². The highest BCUT2D eigenvalue weighted by molar-refractivity contribution is 7.88. The standard InChI is InChI=1S/C16H24ClN3O3S/c1-2-19-9-11-20(12-10-19)16(21)7-8-18-24(22,23)13-14-5-3-4-6-15(14)17/h3-6,18H,2,7-13H2,1H3.